The van der Waals surface area contributed by atoms with Crippen LogP contribution in [0.5, 0.6) is 0 Å². The number of fused-ring (bicyclic) bond motifs is 1. The molecule has 0 atom stereocenters. The van der Waals surface area contributed by atoms with Gasteiger partial charge in [0.1, 0.15) is 5.82 Å². The lowest BCUT2D eigenvalue weighted by molar-refractivity contribution is -0.376. The third kappa shape index (κ3) is 3.42. The fraction of sp³-hybridized carbons (Fsp3) is 0.222. The first-order chi connectivity index (χ1) is 13.3. The standard InChI is InChI=1S/C18H11BrF6N2O2/c1-9-26-14-7-4-11(19)8-13(14)15(28)27(9)12-5-2-10(3-6-12)16(29,17(20,21)22)18(23,24)25/h2-8,29H,1H3. The van der Waals surface area contributed by atoms with Gasteiger partial charge in [-0.05, 0) is 37.3 Å². The summed E-state index contributed by atoms with van der Waals surface area (Å²) in [5.74, 6) is 0.180. The maximum absolute atomic E-state index is 13.0. The second-order valence-corrected chi connectivity index (χ2v) is 7.13. The predicted molar refractivity (Wildman–Crippen MR) is 95.8 cm³/mol. The SMILES string of the molecule is Cc1nc2ccc(Br)cc2c(=O)n1-c1ccc(C(O)(C(F)(F)F)C(F)(F)F)cc1. The Bertz CT molecular complexity index is 1120. The first kappa shape index (κ1) is 21.3. The smallest absolute Gasteiger partial charge is 0.369 e. The van der Waals surface area contributed by atoms with Crippen LogP contribution >= 0.6 is 15.9 Å². The summed E-state index contributed by atoms with van der Waals surface area (Å²) in [5.41, 5.74) is -6.62. The number of benzene rings is 2. The molecule has 0 bridgehead atoms. The minimum atomic E-state index is -5.99. The van der Waals surface area contributed by atoms with Crippen molar-refractivity contribution in [1.29, 1.82) is 0 Å². The molecule has 29 heavy (non-hydrogen) atoms. The minimum absolute atomic E-state index is 0.00248. The number of aromatic nitrogens is 2. The van der Waals surface area contributed by atoms with Crippen molar-refractivity contribution in [3.63, 3.8) is 0 Å². The third-order valence-corrected chi connectivity index (χ3v) is 4.85. The van der Waals surface area contributed by atoms with Gasteiger partial charge in [0, 0.05) is 10.0 Å². The van der Waals surface area contributed by atoms with Gasteiger partial charge >= 0.3 is 12.4 Å². The molecule has 2 aromatic carbocycles. The summed E-state index contributed by atoms with van der Waals surface area (Å²) in [6.45, 7) is 1.47. The Morgan fingerprint density at radius 3 is 2.03 bits per heavy atom. The van der Waals surface area contributed by atoms with Crippen molar-refractivity contribution in [2.45, 2.75) is 24.9 Å². The van der Waals surface area contributed by atoms with Crippen LogP contribution in [0.4, 0.5) is 26.3 Å². The highest BCUT2D eigenvalue weighted by Crippen LogP contribution is 2.50. The minimum Gasteiger partial charge on any atom is -0.369 e. The van der Waals surface area contributed by atoms with Gasteiger partial charge in [0.25, 0.3) is 11.2 Å². The molecule has 4 nitrogen and oxygen atoms in total. The normalized spacial score (nSPS) is 13.1. The van der Waals surface area contributed by atoms with E-state index < -0.39 is 29.1 Å². The molecular weight excluding hydrogens is 470 g/mol. The number of halogens is 7. The van der Waals surface area contributed by atoms with Crippen LogP contribution in [0.1, 0.15) is 11.4 Å². The first-order valence-corrected chi connectivity index (χ1v) is 8.72. The number of alkyl halides is 6. The molecule has 1 aromatic heterocycles. The summed E-state index contributed by atoms with van der Waals surface area (Å²) in [5, 5.41) is 9.67. The molecule has 0 aliphatic rings. The highest BCUT2D eigenvalue weighted by Gasteiger charge is 2.71. The number of rotatable bonds is 2. The number of hydrogen-bond acceptors (Lipinski definition) is 3. The monoisotopic (exact) mass is 480 g/mol. The predicted octanol–water partition coefficient (Wildman–Crippen LogP) is 4.77. The van der Waals surface area contributed by atoms with Gasteiger partial charge in [0.2, 0.25) is 0 Å². The van der Waals surface area contributed by atoms with Gasteiger partial charge in [-0.2, -0.15) is 26.3 Å². The van der Waals surface area contributed by atoms with E-state index in [1.165, 1.54) is 13.0 Å². The topological polar surface area (TPSA) is 55.1 Å². The van der Waals surface area contributed by atoms with Crippen molar-refractivity contribution >= 4 is 26.8 Å². The Morgan fingerprint density at radius 1 is 0.966 bits per heavy atom. The molecule has 0 amide bonds. The summed E-state index contributed by atoms with van der Waals surface area (Å²) < 4.78 is 79.7. The Hall–Kier alpha value is -2.40. The van der Waals surface area contributed by atoms with E-state index in [0.717, 1.165) is 16.7 Å². The number of nitrogens with zero attached hydrogens (tertiary/aromatic N) is 2. The van der Waals surface area contributed by atoms with E-state index in [-0.39, 0.29) is 16.9 Å². The fourth-order valence-corrected chi connectivity index (χ4v) is 3.27. The van der Waals surface area contributed by atoms with E-state index in [1.54, 1.807) is 12.1 Å². The van der Waals surface area contributed by atoms with E-state index in [9.17, 15) is 36.2 Å². The van der Waals surface area contributed by atoms with Crippen LogP contribution in [0.15, 0.2) is 51.7 Å². The van der Waals surface area contributed by atoms with E-state index in [2.05, 4.69) is 20.9 Å². The largest absolute Gasteiger partial charge is 0.430 e. The Balaban J connectivity index is 2.18. The molecule has 154 valence electrons. The molecule has 0 spiro atoms. The van der Waals surface area contributed by atoms with Crippen LogP contribution < -0.4 is 5.56 Å². The van der Waals surface area contributed by atoms with Crippen LogP contribution in [-0.4, -0.2) is 27.0 Å². The highest BCUT2D eigenvalue weighted by atomic mass is 79.9. The molecule has 3 aromatic rings. The molecule has 0 aliphatic carbocycles. The molecule has 0 unspecified atom stereocenters. The molecule has 0 radical (unpaired) electrons. The van der Waals surface area contributed by atoms with Crippen LogP contribution in [-0.2, 0) is 5.60 Å². The lowest BCUT2D eigenvalue weighted by Gasteiger charge is -2.32. The Morgan fingerprint density at radius 2 is 1.52 bits per heavy atom. The van der Waals surface area contributed by atoms with Crippen molar-refractivity contribution in [3.05, 3.63) is 68.7 Å². The molecule has 0 fully saturated rings. The number of aliphatic hydroxyl groups is 1. The molecule has 0 saturated carbocycles. The lowest BCUT2D eigenvalue weighted by Crippen LogP contribution is -2.53. The maximum atomic E-state index is 13.0. The maximum Gasteiger partial charge on any atom is 0.430 e. The molecule has 11 heteroatoms. The fourth-order valence-electron chi connectivity index (χ4n) is 2.91. The van der Waals surface area contributed by atoms with Gasteiger partial charge in [-0.15, -0.1) is 0 Å². The lowest BCUT2D eigenvalue weighted by atomic mass is 9.92. The van der Waals surface area contributed by atoms with E-state index in [0.29, 0.717) is 22.1 Å². The highest BCUT2D eigenvalue weighted by molar-refractivity contribution is 9.10. The summed E-state index contributed by atoms with van der Waals surface area (Å²) in [6, 6.07) is 7.49. The quantitative estimate of drug-likeness (QED) is 0.537. The molecule has 1 N–H and O–H groups in total. The zero-order valence-corrected chi connectivity index (χ0v) is 16.0. The van der Waals surface area contributed by atoms with E-state index in [4.69, 9.17) is 0 Å². The van der Waals surface area contributed by atoms with E-state index >= 15 is 0 Å². The summed E-state index contributed by atoms with van der Waals surface area (Å²) in [6.07, 6.45) is -12.0. The zero-order valence-electron chi connectivity index (χ0n) is 14.4. The average Bonchev–Trinajstić information content (AvgIpc) is 2.60. The van der Waals surface area contributed by atoms with Crippen molar-refractivity contribution in [2.24, 2.45) is 0 Å². The van der Waals surface area contributed by atoms with Crippen LogP contribution in [0.25, 0.3) is 16.6 Å². The van der Waals surface area contributed by atoms with Crippen LogP contribution in [0, 0.1) is 6.92 Å². The second kappa shape index (κ2) is 6.84. The summed E-state index contributed by atoms with van der Waals surface area (Å²) >= 11 is 3.22. The van der Waals surface area contributed by atoms with Gasteiger partial charge in [-0.3, -0.25) is 9.36 Å². The van der Waals surface area contributed by atoms with Crippen LogP contribution in [0.3, 0.4) is 0 Å². The molecule has 3 rings (SSSR count). The Labute approximate surface area is 167 Å². The summed E-state index contributed by atoms with van der Waals surface area (Å²) in [7, 11) is 0. The molecule has 0 aliphatic heterocycles. The number of hydrogen-bond donors (Lipinski definition) is 1. The zero-order chi connectivity index (χ0) is 21.8. The van der Waals surface area contributed by atoms with Gasteiger partial charge in [-0.25, -0.2) is 4.98 Å². The summed E-state index contributed by atoms with van der Waals surface area (Å²) in [4.78, 5) is 17.0. The van der Waals surface area contributed by atoms with E-state index in [1.807, 2.05) is 0 Å². The van der Waals surface area contributed by atoms with Gasteiger partial charge in [0.15, 0.2) is 0 Å². The third-order valence-electron chi connectivity index (χ3n) is 4.36. The van der Waals surface area contributed by atoms with Gasteiger partial charge < -0.3 is 5.11 Å². The van der Waals surface area contributed by atoms with Gasteiger partial charge in [-0.1, -0.05) is 28.1 Å². The van der Waals surface area contributed by atoms with Crippen LogP contribution in [0.2, 0.25) is 0 Å². The Kier molecular flexibility index (Phi) is 5.02. The van der Waals surface area contributed by atoms with Crippen molar-refractivity contribution in [1.82, 2.24) is 9.55 Å². The van der Waals surface area contributed by atoms with Crippen molar-refractivity contribution in [2.75, 3.05) is 0 Å². The first-order valence-electron chi connectivity index (χ1n) is 7.93. The second-order valence-electron chi connectivity index (χ2n) is 6.21. The average molecular weight is 481 g/mol. The molecule has 0 saturated heterocycles. The van der Waals surface area contributed by atoms with Crippen molar-refractivity contribution < 1.29 is 31.4 Å². The molecular formula is C18H11BrF6N2O2. The van der Waals surface area contributed by atoms with Crippen molar-refractivity contribution in [3.8, 4) is 5.69 Å². The van der Waals surface area contributed by atoms with Gasteiger partial charge in [0.05, 0.1) is 16.6 Å². The number of aryl methyl sites for hydroxylation is 1. The molecule has 1 heterocycles.